The second-order valence-corrected chi connectivity index (χ2v) is 7.67. The summed E-state index contributed by atoms with van der Waals surface area (Å²) in [4.78, 5) is 26.5. The molecule has 1 aliphatic heterocycles. The average molecular weight is 396 g/mol. The van der Waals surface area contributed by atoms with Gasteiger partial charge in [-0.2, -0.15) is 0 Å². The van der Waals surface area contributed by atoms with E-state index in [1.165, 1.54) is 12.1 Å². The molecule has 29 heavy (non-hydrogen) atoms. The summed E-state index contributed by atoms with van der Waals surface area (Å²) in [6.07, 6.45) is 2.42. The van der Waals surface area contributed by atoms with E-state index in [4.69, 9.17) is 0 Å². The molecule has 4 rings (SSSR count). The van der Waals surface area contributed by atoms with Gasteiger partial charge in [0, 0.05) is 49.8 Å². The molecular formula is C22H22F2N4O. The molecule has 0 saturated heterocycles. The van der Waals surface area contributed by atoms with Gasteiger partial charge in [0.15, 0.2) is 0 Å². The number of hydrogen-bond donors (Lipinski definition) is 1. The fourth-order valence-electron chi connectivity index (χ4n) is 3.54. The van der Waals surface area contributed by atoms with Crippen LogP contribution in [-0.2, 0) is 19.5 Å². The first-order chi connectivity index (χ1) is 13.9. The Morgan fingerprint density at radius 2 is 2.03 bits per heavy atom. The van der Waals surface area contributed by atoms with Gasteiger partial charge in [0.2, 0.25) is 0 Å². The maximum absolute atomic E-state index is 13.9. The Labute approximate surface area is 167 Å². The summed E-state index contributed by atoms with van der Waals surface area (Å²) in [6.45, 7) is 5.98. The van der Waals surface area contributed by atoms with Gasteiger partial charge in [-0.05, 0) is 23.8 Å². The first-order valence-electron chi connectivity index (χ1n) is 9.65. The summed E-state index contributed by atoms with van der Waals surface area (Å²) in [6, 6.07) is 7.07. The smallest absolute Gasteiger partial charge is 0.255 e. The SMILES string of the molecule is CC(C)c1nc2c(c(=O)[nH]1)CN(Cc1ccc(-c3ccc(F)cc3F)nc1)CC2. The number of H-pyrrole nitrogens is 1. The van der Waals surface area contributed by atoms with E-state index in [2.05, 4.69) is 19.9 Å². The van der Waals surface area contributed by atoms with E-state index in [9.17, 15) is 13.6 Å². The van der Waals surface area contributed by atoms with Crippen molar-refractivity contribution < 1.29 is 8.78 Å². The van der Waals surface area contributed by atoms with E-state index in [1.807, 2.05) is 19.9 Å². The maximum atomic E-state index is 13.9. The van der Waals surface area contributed by atoms with Crippen molar-refractivity contribution in [3.63, 3.8) is 0 Å². The largest absolute Gasteiger partial charge is 0.310 e. The van der Waals surface area contributed by atoms with Crippen LogP contribution < -0.4 is 5.56 Å². The fourth-order valence-corrected chi connectivity index (χ4v) is 3.54. The van der Waals surface area contributed by atoms with Crippen LogP contribution in [0.4, 0.5) is 8.78 Å². The van der Waals surface area contributed by atoms with Gasteiger partial charge >= 0.3 is 0 Å². The molecule has 1 N–H and O–H groups in total. The fraction of sp³-hybridized carbons (Fsp3) is 0.318. The van der Waals surface area contributed by atoms with E-state index in [1.54, 1.807) is 12.3 Å². The van der Waals surface area contributed by atoms with E-state index < -0.39 is 11.6 Å². The van der Waals surface area contributed by atoms with Crippen molar-refractivity contribution in [2.45, 2.75) is 39.3 Å². The number of aromatic nitrogens is 3. The predicted octanol–water partition coefficient (Wildman–Crippen LogP) is 3.79. The second-order valence-electron chi connectivity index (χ2n) is 7.67. The molecule has 0 bridgehead atoms. The number of nitrogens with zero attached hydrogens (tertiary/aromatic N) is 3. The average Bonchev–Trinajstić information content (AvgIpc) is 2.69. The number of pyridine rings is 1. The van der Waals surface area contributed by atoms with Crippen LogP contribution in [0, 0.1) is 11.6 Å². The van der Waals surface area contributed by atoms with Gasteiger partial charge in [0.1, 0.15) is 17.5 Å². The van der Waals surface area contributed by atoms with E-state index in [0.29, 0.717) is 18.8 Å². The summed E-state index contributed by atoms with van der Waals surface area (Å²) in [5.41, 5.74) is 3.22. The lowest BCUT2D eigenvalue weighted by molar-refractivity contribution is 0.241. The van der Waals surface area contributed by atoms with Crippen molar-refractivity contribution in [2.75, 3.05) is 6.54 Å². The first-order valence-corrected chi connectivity index (χ1v) is 9.65. The first kappa shape index (κ1) is 19.4. The molecule has 0 saturated carbocycles. The quantitative estimate of drug-likeness (QED) is 0.729. The molecule has 150 valence electrons. The Kier molecular flexibility index (Phi) is 5.24. The van der Waals surface area contributed by atoms with E-state index in [-0.39, 0.29) is 17.0 Å². The summed E-state index contributed by atoms with van der Waals surface area (Å²) in [5, 5.41) is 0. The Balaban J connectivity index is 1.49. The number of fused-ring (bicyclic) bond motifs is 1. The zero-order chi connectivity index (χ0) is 20.5. The van der Waals surface area contributed by atoms with E-state index >= 15 is 0 Å². The highest BCUT2D eigenvalue weighted by molar-refractivity contribution is 5.59. The lowest BCUT2D eigenvalue weighted by Crippen LogP contribution is -2.36. The Hall–Kier alpha value is -2.93. The minimum Gasteiger partial charge on any atom is -0.310 e. The van der Waals surface area contributed by atoms with Crippen LogP contribution in [0.2, 0.25) is 0 Å². The normalized spacial score (nSPS) is 14.2. The van der Waals surface area contributed by atoms with Gasteiger partial charge in [-0.25, -0.2) is 13.8 Å². The highest BCUT2D eigenvalue weighted by Crippen LogP contribution is 2.23. The third-order valence-corrected chi connectivity index (χ3v) is 5.15. The van der Waals surface area contributed by atoms with Gasteiger partial charge in [-0.15, -0.1) is 0 Å². The molecule has 2 aromatic heterocycles. The predicted molar refractivity (Wildman–Crippen MR) is 106 cm³/mol. The number of halogens is 2. The highest BCUT2D eigenvalue weighted by atomic mass is 19.1. The van der Waals surface area contributed by atoms with Crippen LogP contribution in [0.1, 0.15) is 42.4 Å². The molecule has 7 heteroatoms. The Morgan fingerprint density at radius 3 is 2.72 bits per heavy atom. The number of benzene rings is 1. The minimum atomic E-state index is -0.634. The van der Waals surface area contributed by atoms with Crippen molar-refractivity contribution in [3.8, 4) is 11.3 Å². The Morgan fingerprint density at radius 1 is 1.21 bits per heavy atom. The van der Waals surface area contributed by atoms with Crippen molar-refractivity contribution in [3.05, 3.63) is 81.2 Å². The van der Waals surface area contributed by atoms with Gasteiger partial charge in [0.25, 0.3) is 5.56 Å². The monoisotopic (exact) mass is 396 g/mol. The summed E-state index contributed by atoms with van der Waals surface area (Å²) in [7, 11) is 0. The van der Waals surface area contributed by atoms with Crippen LogP contribution in [0.25, 0.3) is 11.3 Å². The summed E-state index contributed by atoms with van der Waals surface area (Å²) < 4.78 is 27.0. The van der Waals surface area contributed by atoms with Gasteiger partial charge in [-0.1, -0.05) is 19.9 Å². The van der Waals surface area contributed by atoms with Crippen LogP contribution in [0.3, 0.4) is 0 Å². The molecule has 0 aliphatic carbocycles. The Bertz CT molecular complexity index is 1090. The van der Waals surface area contributed by atoms with E-state index in [0.717, 1.165) is 41.7 Å². The number of aromatic amines is 1. The maximum Gasteiger partial charge on any atom is 0.255 e. The molecule has 0 unspecified atom stereocenters. The van der Waals surface area contributed by atoms with Crippen LogP contribution in [0.15, 0.2) is 41.3 Å². The van der Waals surface area contributed by atoms with Gasteiger partial charge in [-0.3, -0.25) is 14.7 Å². The van der Waals surface area contributed by atoms with Crippen molar-refractivity contribution in [2.24, 2.45) is 0 Å². The van der Waals surface area contributed by atoms with Gasteiger partial charge in [0.05, 0.1) is 17.0 Å². The van der Waals surface area contributed by atoms with Gasteiger partial charge < -0.3 is 4.98 Å². The summed E-state index contributed by atoms with van der Waals surface area (Å²) >= 11 is 0. The zero-order valence-electron chi connectivity index (χ0n) is 16.4. The minimum absolute atomic E-state index is 0.0661. The molecule has 5 nitrogen and oxygen atoms in total. The molecule has 0 atom stereocenters. The molecular weight excluding hydrogens is 374 g/mol. The number of rotatable bonds is 4. The number of nitrogens with one attached hydrogen (secondary N) is 1. The molecule has 3 heterocycles. The number of hydrogen-bond acceptors (Lipinski definition) is 4. The molecule has 3 aromatic rings. The molecule has 0 radical (unpaired) electrons. The standard InChI is InChI=1S/C22H22F2N4O/c1-13(2)21-26-20-7-8-28(12-17(20)22(29)27-21)11-14-3-6-19(25-10-14)16-5-4-15(23)9-18(16)24/h3-6,9-10,13H,7-8,11-12H2,1-2H3,(H,26,27,29). The third kappa shape index (κ3) is 4.10. The molecule has 0 amide bonds. The van der Waals surface area contributed by atoms with Crippen molar-refractivity contribution in [1.29, 1.82) is 0 Å². The topological polar surface area (TPSA) is 61.9 Å². The third-order valence-electron chi connectivity index (χ3n) is 5.15. The molecule has 0 fully saturated rings. The van der Waals surface area contributed by atoms with Crippen LogP contribution in [-0.4, -0.2) is 26.4 Å². The highest BCUT2D eigenvalue weighted by Gasteiger charge is 2.22. The van der Waals surface area contributed by atoms with Crippen molar-refractivity contribution >= 4 is 0 Å². The molecule has 1 aliphatic rings. The van der Waals surface area contributed by atoms with Crippen molar-refractivity contribution in [1.82, 2.24) is 19.9 Å². The summed E-state index contributed by atoms with van der Waals surface area (Å²) in [5.74, 6) is -0.333. The van der Waals surface area contributed by atoms with Crippen LogP contribution >= 0.6 is 0 Å². The lowest BCUT2D eigenvalue weighted by Gasteiger charge is -2.28. The van der Waals surface area contributed by atoms with Crippen LogP contribution in [0.5, 0.6) is 0 Å². The zero-order valence-corrected chi connectivity index (χ0v) is 16.4. The molecule has 1 aromatic carbocycles. The molecule has 0 spiro atoms. The second kappa shape index (κ2) is 7.83. The lowest BCUT2D eigenvalue weighted by atomic mass is 10.0.